The minimum Gasteiger partial charge on any atom is -0.368 e. The van der Waals surface area contributed by atoms with E-state index in [1.807, 2.05) is 5.32 Å². The number of carbonyl (C=O) groups excluding carboxylic acids is 1. The van der Waals surface area contributed by atoms with E-state index < -0.39 is 18.7 Å². The number of pyridine rings is 1. The standard InChI is InChI=1S/C23H25FN6O2/c1-25-22(31)18-7-5-16(12-26-18)30-10-8-29(9-11-30)13-15-4-6-17-21(19(15)24)28-23(32)20(27-17)14-2-3-14/h4-7,12,14H,2-3,8-11,13H2,1H3,(H,25,31)(H,28,32)/i1D3. The van der Waals surface area contributed by atoms with Crippen molar-refractivity contribution in [2.45, 2.75) is 25.3 Å². The van der Waals surface area contributed by atoms with E-state index in [4.69, 9.17) is 4.11 Å². The molecule has 1 aliphatic carbocycles. The van der Waals surface area contributed by atoms with Crippen molar-refractivity contribution < 1.29 is 13.3 Å². The molecule has 0 spiro atoms. The first-order chi connectivity index (χ1) is 16.7. The van der Waals surface area contributed by atoms with Crippen molar-refractivity contribution in [1.82, 2.24) is 25.2 Å². The maximum Gasteiger partial charge on any atom is 0.270 e. The maximum absolute atomic E-state index is 15.2. The number of amides is 1. The van der Waals surface area contributed by atoms with E-state index in [9.17, 15) is 9.59 Å². The van der Waals surface area contributed by atoms with E-state index in [1.165, 1.54) is 6.07 Å². The van der Waals surface area contributed by atoms with Crippen molar-refractivity contribution in [1.29, 1.82) is 0 Å². The fraction of sp³-hybridized carbons (Fsp3) is 0.391. The highest BCUT2D eigenvalue weighted by Crippen LogP contribution is 2.37. The second-order valence-electron chi connectivity index (χ2n) is 8.28. The highest BCUT2D eigenvalue weighted by molar-refractivity contribution is 5.92. The summed E-state index contributed by atoms with van der Waals surface area (Å²) in [5.41, 5.74) is 2.19. The fourth-order valence-electron chi connectivity index (χ4n) is 4.11. The summed E-state index contributed by atoms with van der Waals surface area (Å²) in [5.74, 6) is -0.994. The van der Waals surface area contributed by atoms with Crippen molar-refractivity contribution in [3.63, 3.8) is 0 Å². The number of halogens is 1. The third-order valence-electron chi connectivity index (χ3n) is 6.10. The molecule has 1 aliphatic heterocycles. The highest BCUT2D eigenvalue weighted by atomic mass is 19.1. The molecule has 5 rings (SSSR count). The van der Waals surface area contributed by atoms with Crippen LogP contribution >= 0.6 is 0 Å². The van der Waals surface area contributed by atoms with Crippen molar-refractivity contribution in [3.8, 4) is 0 Å². The van der Waals surface area contributed by atoms with Crippen LogP contribution in [0.2, 0.25) is 0 Å². The number of piperazine rings is 1. The normalized spacial score (nSPS) is 18.8. The molecule has 3 aromatic rings. The van der Waals surface area contributed by atoms with Crippen molar-refractivity contribution >= 4 is 22.6 Å². The summed E-state index contributed by atoms with van der Waals surface area (Å²) in [7, 11) is 0. The number of hydrogen-bond acceptors (Lipinski definition) is 6. The maximum atomic E-state index is 15.2. The molecule has 1 saturated carbocycles. The zero-order chi connectivity index (χ0) is 24.7. The Morgan fingerprint density at radius 3 is 2.75 bits per heavy atom. The molecule has 9 heteroatoms. The van der Waals surface area contributed by atoms with Gasteiger partial charge < -0.3 is 15.2 Å². The third-order valence-corrected chi connectivity index (χ3v) is 6.10. The Balaban J connectivity index is 1.21. The van der Waals surface area contributed by atoms with Gasteiger partial charge in [0.1, 0.15) is 16.9 Å². The molecule has 1 amide bonds. The van der Waals surface area contributed by atoms with Gasteiger partial charge in [0.15, 0.2) is 5.82 Å². The number of aromatic nitrogens is 3. The van der Waals surface area contributed by atoms with Gasteiger partial charge in [0, 0.05) is 55.3 Å². The van der Waals surface area contributed by atoms with Gasteiger partial charge in [-0.1, -0.05) is 6.07 Å². The third kappa shape index (κ3) is 3.95. The summed E-state index contributed by atoms with van der Waals surface area (Å²) in [6, 6.07) is 6.73. The molecule has 2 N–H and O–H groups in total. The molecular weight excluding hydrogens is 411 g/mol. The van der Waals surface area contributed by atoms with Gasteiger partial charge in [0.2, 0.25) is 0 Å². The topological polar surface area (TPSA) is 94.2 Å². The summed E-state index contributed by atoms with van der Waals surface area (Å²) < 4.78 is 36.5. The summed E-state index contributed by atoms with van der Waals surface area (Å²) in [6.07, 6.45) is 3.45. The van der Waals surface area contributed by atoms with Crippen molar-refractivity contribution in [2.24, 2.45) is 0 Å². The number of fused-ring (bicyclic) bond motifs is 1. The van der Waals surface area contributed by atoms with Crippen molar-refractivity contribution in [2.75, 3.05) is 38.1 Å². The number of aromatic amines is 1. The Kier molecular flexibility index (Phi) is 4.48. The lowest BCUT2D eigenvalue weighted by Gasteiger charge is -2.36. The Morgan fingerprint density at radius 2 is 2.06 bits per heavy atom. The minimum absolute atomic E-state index is 0.0343. The lowest BCUT2D eigenvalue weighted by molar-refractivity contribution is 0.0958. The van der Waals surface area contributed by atoms with Crippen molar-refractivity contribution in [3.05, 3.63) is 63.6 Å². The van der Waals surface area contributed by atoms with E-state index in [1.54, 1.807) is 24.4 Å². The lowest BCUT2D eigenvalue weighted by Crippen LogP contribution is -2.46. The summed E-state index contributed by atoms with van der Waals surface area (Å²) in [4.78, 5) is 39.7. The first-order valence-electron chi connectivity index (χ1n) is 12.1. The minimum atomic E-state index is -2.57. The Labute approximate surface area is 188 Å². The number of benzene rings is 1. The monoisotopic (exact) mass is 439 g/mol. The molecule has 2 fully saturated rings. The zero-order valence-corrected chi connectivity index (χ0v) is 17.4. The Bertz CT molecular complexity index is 1320. The number of rotatable bonds is 5. The molecule has 8 nitrogen and oxygen atoms in total. The van der Waals surface area contributed by atoms with Crippen LogP contribution in [0.4, 0.5) is 10.1 Å². The van der Waals surface area contributed by atoms with Gasteiger partial charge in [0.25, 0.3) is 11.5 Å². The molecule has 0 radical (unpaired) electrons. The van der Waals surface area contributed by atoms with Crippen LogP contribution in [0.15, 0.2) is 35.3 Å². The van der Waals surface area contributed by atoms with Crippen LogP contribution in [0.1, 0.15) is 44.6 Å². The number of nitrogens with zero attached hydrogens (tertiary/aromatic N) is 4. The van der Waals surface area contributed by atoms with E-state index in [-0.39, 0.29) is 22.7 Å². The van der Waals surface area contributed by atoms with Crippen LogP contribution in [-0.2, 0) is 6.54 Å². The molecule has 2 aromatic heterocycles. The second kappa shape index (κ2) is 8.31. The highest BCUT2D eigenvalue weighted by Gasteiger charge is 2.28. The predicted molar refractivity (Wildman–Crippen MR) is 119 cm³/mol. The lowest BCUT2D eigenvalue weighted by atomic mass is 10.1. The SMILES string of the molecule is [2H]C([2H])([2H])NC(=O)c1ccc(N2CCN(Cc3ccc4nc(C5CC5)c(=O)[nH]c4c3F)CC2)cn1. The number of carbonyl (C=O) groups is 1. The number of hydrogen-bond donors (Lipinski definition) is 2. The quantitative estimate of drug-likeness (QED) is 0.632. The fourth-order valence-corrected chi connectivity index (χ4v) is 4.11. The van der Waals surface area contributed by atoms with E-state index >= 15 is 4.39 Å². The van der Waals surface area contributed by atoms with Gasteiger partial charge in [-0.25, -0.2) is 14.4 Å². The van der Waals surface area contributed by atoms with Gasteiger partial charge in [-0.15, -0.1) is 0 Å². The first kappa shape index (κ1) is 17.3. The molecule has 3 heterocycles. The van der Waals surface area contributed by atoms with Crippen LogP contribution in [0.5, 0.6) is 0 Å². The molecular formula is C23H25FN6O2. The largest absolute Gasteiger partial charge is 0.368 e. The molecule has 0 bridgehead atoms. The van der Waals surface area contributed by atoms with Gasteiger partial charge in [0.05, 0.1) is 17.4 Å². The van der Waals surface area contributed by atoms with E-state index in [2.05, 4.69) is 24.8 Å². The predicted octanol–water partition coefficient (Wildman–Crippen LogP) is 2.02. The summed E-state index contributed by atoms with van der Waals surface area (Å²) in [5, 5.41) is 1.92. The second-order valence-corrected chi connectivity index (χ2v) is 8.28. The molecule has 32 heavy (non-hydrogen) atoms. The van der Waals surface area contributed by atoms with Crippen LogP contribution in [0.25, 0.3) is 11.0 Å². The molecule has 1 aromatic carbocycles. The van der Waals surface area contributed by atoms with Gasteiger partial charge in [-0.2, -0.15) is 0 Å². The molecule has 0 unspecified atom stereocenters. The Hall–Kier alpha value is -3.33. The van der Waals surface area contributed by atoms with Crippen LogP contribution in [-0.4, -0.2) is 58.9 Å². The number of anilines is 1. The number of nitrogens with one attached hydrogen (secondary N) is 2. The van der Waals surface area contributed by atoms with Gasteiger partial charge in [-0.3, -0.25) is 14.5 Å². The number of H-pyrrole nitrogens is 1. The summed E-state index contributed by atoms with van der Waals surface area (Å²) in [6.45, 7) is 0.585. The molecule has 2 aliphatic rings. The van der Waals surface area contributed by atoms with Gasteiger partial charge in [-0.05, 0) is 31.0 Å². The zero-order valence-electron chi connectivity index (χ0n) is 20.4. The molecule has 1 saturated heterocycles. The molecule has 166 valence electrons. The smallest absolute Gasteiger partial charge is 0.270 e. The van der Waals surface area contributed by atoms with Crippen LogP contribution in [0, 0.1) is 5.82 Å². The average molecular weight is 440 g/mol. The van der Waals surface area contributed by atoms with E-state index in [0.29, 0.717) is 49.5 Å². The average Bonchev–Trinajstić information content (AvgIpc) is 3.66. The first-order valence-corrected chi connectivity index (χ1v) is 10.6. The van der Waals surface area contributed by atoms with Gasteiger partial charge >= 0.3 is 0 Å². The van der Waals surface area contributed by atoms with E-state index in [0.717, 1.165) is 18.5 Å². The van der Waals surface area contributed by atoms with Crippen LogP contribution in [0.3, 0.4) is 0 Å². The Morgan fingerprint density at radius 1 is 1.25 bits per heavy atom. The van der Waals surface area contributed by atoms with Crippen LogP contribution < -0.4 is 15.8 Å². The molecule has 0 atom stereocenters. The summed E-state index contributed by atoms with van der Waals surface area (Å²) >= 11 is 0.